The van der Waals surface area contributed by atoms with Gasteiger partial charge in [0.1, 0.15) is 11.6 Å². The third kappa shape index (κ3) is 5.25. The Morgan fingerprint density at radius 3 is 2.49 bits per heavy atom. The van der Waals surface area contributed by atoms with E-state index in [-0.39, 0.29) is 35.7 Å². The van der Waals surface area contributed by atoms with E-state index in [1.54, 1.807) is 29.0 Å². The molecule has 3 fully saturated rings. The SMILES string of the molecule is C=CCN(C)C(=O)[C@H]1[C@@H]2OC3(CC2Br)C(C(=O)N(CC=C)c2cc(C)ccc2C)N([C@@H](CO)Cc2ccccc2)C(=O)[C@H]13. The van der Waals surface area contributed by atoms with E-state index in [9.17, 15) is 19.5 Å². The first kappa shape index (κ1) is 31.2. The first-order valence-corrected chi connectivity index (χ1v) is 15.6. The quantitative estimate of drug-likeness (QED) is 0.295. The molecular weight excluding hydrogens is 610 g/mol. The van der Waals surface area contributed by atoms with Crippen LogP contribution in [0, 0.1) is 25.7 Å². The Balaban J connectivity index is 1.65. The Bertz CT molecular complexity index is 1420. The molecule has 3 aliphatic rings. The number of aliphatic hydroxyl groups is 1. The number of halogens is 1. The number of carbonyl (C=O) groups excluding carboxylic acids is 3. The minimum absolute atomic E-state index is 0.219. The summed E-state index contributed by atoms with van der Waals surface area (Å²) in [5.41, 5.74) is 2.30. The van der Waals surface area contributed by atoms with Gasteiger partial charge in [0.25, 0.3) is 5.91 Å². The second kappa shape index (κ2) is 12.4. The fraction of sp³-hybridized carbons (Fsp3) is 0.441. The van der Waals surface area contributed by atoms with E-state index < -0.39 is 35.6 Å². The van der Waals surface area contributed by atoms with Crippen LogP contribution in [0.4, 0.5) is 5.69 Å². The Labute approximate surface area is 262 Å². The van der Waals surface area contributed by atoms with Crippen LogP contribution in [0.25, 0.3) is 0 Å². The maximum absolute atomic E-state index is 15.0. The normalized spacial score (nSPS) is 28.0. The van der Waals surface area contributed by atoms with E-state index >= 15 is 0 Å². The van der Waals surface area contributed by atoms with Gasteiger partial charge in [0.2, 0.25) is 11.8 Å². The second-order valence-electron chi connectivity index (χ2n) is 12.0. The van der Waals surface area contributed by atoms with Gasteiger partial charge in [0, 0.05) is 30.7 Å². The number of alkyl halides is 1. The van der Waals surface area contributed by atoms with Gasteiger partial charge in [0.05, 0.1) is 30.6 Å². The van der Waals surface area contributed by atoms with Crippen molar-refractivity contribution < 1.29 is 24.2 Å². The van der Waals surface area contributed by atoms with E-state index in [4.69, 9.17) is 4.74 Å². The molecule has 3 amide bonds. The summed E-state index contributed by atoms with van der Waals surface area (Å²) in [5, 5.41) is 10.7. The van der Waals surface area contributed by atoms with Gasteiger partial charge in [-0.05, 0) is 49.4 Å². The number of hydrogen-bond acceptors (Lipinski definition) is 5. The lowest BCUT2D eigenvalue weighted by Crippen LogP contribution is -2.59. The van der Waals surface area contributed by atoms with Crippen LogP contribution in [0.5, 0.6) is 0 Å². The fourth-order valence-electron chi connectivity index (χ4n) is 7.29. The third-order valence-electron chi connectivity index (χ3n) is 9.18. The van der Waals surface area contributed by atoms with E-state index in [2.05, 4.69) is 29.1 Å². The lowest BCUT2D eigenvalue weighted by Gasteiger charge is -2.39. The van der Waals surface area contributed by atoms with Crippen molar-refractivity contribution in [1.29, 1.82) is 0 Å². The molecule has 8 nitrogen and oxygen atoms in total. The number of ether oxygens (including phenoxy) is 1. The van der Waals surface area contributed by atoms with Crippen LogP contribution >= 0.6 is 15.9 Å². The number of amides is 3. The zero-order valence-electron chi connectivity index (χ0n) is 25.0. The van der Waals surface area contributed by atoms with Crippen LogP contribution in [-0.4, -0.2) is 88.0 Å². The highest BCUT2D eigenvalue weighted by molar-refractivity contribution is 9.09. The highest BCUT2D eigenvalue weighted by Gasteiger charge is 2.77. The highest BCUT2D eigenvalue weighted by atomic mass is 79.9. The highest BCUT2D eigenvalue weighted by Crippen LogP contribution is 2.61. The van der Waals surface area contributed by atoms with Gasteiger partial charge in [-0.3, -0.25) is 14.4 Å². The molecule has 228 valence electrons. The van der Waals surface area contributed by atoms with Crippen LogP contribution in [0.2, 0.25) is 0 Å². The van der Waals surface area contributed by atoms with Crippen LogP contribution in [-0.2, 0) is 25.5 Å². The summed E-state index contributed by atoms with van der Waals surface area (Å²) >= 11 is 3.75. The predicted molar refractivity (Wildman–Crippen MR) is 170 cm³/mol. The van der Waals surface area contributed by atoms with Crippen LogP contribution in [0.15, 0.2) is 73.8 Å². The van der Waals surface area contributed by atoms with E-state index in [1.807, 2.05) is 62.4 Å². The number of likely N-dealkylation sites (N-methyl/N-ethyl adjacent to an activating group) is 1. The van der Waals surface area contributed by atoms with Gasteiger partial charge in [-0.1, -0.05) is 70.5 Å². The maximum Gasteiger partial charge on any atom is 0.253 e. The Hall–Kier alpha value is -3.27. The molecule has 2 bridgehead atoms. The van der Waals surface area contributed by atoms with Gasteiger partial charge in [-0.15, -0.1) is 13.2 Å². The van der Waals surface area contributed by atoms with Crippen molar-refractivity contribution in [3.63, 3.8) is 0 Å². The molecule has 3 saturated heterocycles. The summed E-state index contributed by atoms with van der Waals surface area (Å²) < 4.78 is 6.72. The molecule has 3 unspecified atom stereocenters. The van der Waals surface area contributed by atoms with Crippen molar-refractivity contribution in [1.82, 2.24) is 9.80 Å². The van der Waals surface area contributed by atoms with Gasteiger partial charge in [-0.25, -0.2) is 0 Å². The van der Waals surface area contributed by atoms with Gasteiger partial charge in [0.15, 0.2) is 0 Å². The molecular formula is C34H40BrN3O5. The van der Waals surface area contributed by atoms with E-state index in [1.165, 1.54) is 4.90 Å². The summed E-state index contributed by atoms with van der Waals surface area (Å²) in [5.74, 6) is -2.51. The summed E-state index contributed by atoms with van der Waals surface area (Å²) in [4.78, 5) is 48.0. The number of aliphatic hydroxyl groups excluding tert-OH is 1. The molecule has 9 heteroatoms. The lowest BCUT2D eigenvalue weighted by molar-refractivity contribution is -0.146. The van der Waals surface area contributed by atoms with Crippen molar-refractivity contribution in [3.05, 3.63) is 90.5 Å². The molecule has 7 atom stereocenters. The average molecular weight is 651 g/mol. The lowest BCUT2D eigenvalue weighted by atomic mass is 9.70. The summed E-state index contributed by atoms with van der Waals surface area (Å²) in [6.07, 6.45) is 3.47. The van der Waals surface area contributed by atoms with Crippen LogP contribution in [0.1, 0.15) is 23.1 Å². The predicted octanol–water partition coefficient (Wildman–Crippen LogP) is 3.82. The number of likely N-dealkylation sites (tertiary alicyclic amines) is 1. The minimum atomic E-state index is -1.25. The van der Waals surface area contributed by atoms with Crippen LogP contribution < -0.4 is 4.90 Å². The molecule has 1 N–H and O–H groups in total. The molecule has 5 rings (SSSR count). The van der Waals surface area contributed by atoms with Gasteiger partial charge < -0.3 is 24.5 Å². The average Bonchev–Trinajstić information content (AvgIpc) is 3.59. The largest absolute Gasteiger partial charge is 0.394 e. The zero-order valence-corrected chi connectivity index (χ0v) is 26.6. The standard InChI is InChI=1S/C34H40BrN3O5/c1-6-15-36(5)31(40)27-28-32(41)38(24(20-39)18-23-11-9-8-10-12-23)30(34(28)19-25(35)29(27)43-34)33(42)37(16-7-2)26-17-21(3)13-14-22(26)4/h6-14,17,24-25,27-30,39H,1-2,15-16,18-20H2,3-5H3/t24-,25?,27-,28+,29-,30?,34?/m1/s1. The van der Waals surface area contributed by atoms with Crippen LogP contribution in [0.3, 0.4) is 0 Å². The Morgan fingerprint density at radius 1 is 1.14 bits per heavy atom. The van der Waals surface area contributed by atoms with Crippen molar-refractivity contribution in [2.75, 3.05) is 31.6 Å². The Kier molecular flexibility index (Phi) is 8.97. The maximum atomic E-state index is 15.0. The molecule has 3 heterocycles. The number of nitrogens with zero attached hydrogens (tertiary/aromatic N) is 3. The first-order valence-electron chi connectivity index (χ1n) is 14.7. The second-order valence-corrected chi connectivity index (χ2v) is 13.1. The van der Waals surface area contributed by atoms with Crippen molar-refractivity contribution in [2.24, 2.45) is 11.8 Å². The molecule has 0 aliphatic carbocycles. The van der Waals surface area contributed by atoms with Crippen molar-refractivity contribution in [3.8, 4) is 0 Å². The number of aryl methyl sites for hydroxylation is 2. The topological polar surface area (TPSA) is 90.4 Å². The number of rotatable bonds is 11. The molecule has 0 aromatic heterocycles. The van der Waals surface area contributed by atoms with Crippen molar-refractivity contribution in [2.45, 2.75) is 55.3 Å². The number of benzene rings is 2. The zero-order chi connectivity index (χ0) is 31.1. The smallest absolute Gasteiger partial charge is 0.253 e. The Morgan fingerprint density at radius 2 is 1.84 bits per heavy atom. The molecule has 2 aromatic rings. The number of anilines is 1. The van der Waals surface area contributed by atoms with E-state index in [0.29, 0.717) is 19.4 Å². The molecule has 0 saturated carbocycles. The number of carbonyl (C=O) groups is 3. The summed E-state index contributed by atoms with van der Waals surface area (Å²) in [6.45, 7) is 11.8. The van der Waals surface area contributed by atoms with Gasteiger partial charge in [-0.2, -0.15) is 0 Å². The number of hydrogen-bond donors (Lipinski definition) is 1. The minimum Gasteiger partial charge on any atom is -0.394 e. The first-order chi connectivity index (χ1) is 20.6. The fourth-order valence-corrected chi connectivity index (χ4v) is 8.23. The molecule has 1 spiro atoms. The summed E-state index contributed by atoms with van der Waals surface area (Å²) in [7, 11) is 1.68. The number of fused-ring (bicyclic) bond motifs is 1. The molecule has 3 aliphatic heterocycles. The monoisotopic (exact) mass is 649 g/mol. The van der Waals surface area contributed by atoms with Crippen molar-refractivity contribution >= 4 is 39.3 Å². The van der Waals surface area contributed by atoms with Gasteiger partial charge >= 0.3 is 0 Å². The molecule has 2 aromatic carbocycles. The third-order valence-corrected chi connectivity index (χ3v) is 10.0. The summed E-state index contributed by atoms with van der Waals surface area (Å²) in [6, 6.07) is 13.7. The molecule has 0 radical (unpaired) electrons. The molecule has 43 heavy (non-hydrogen) atoms. The van der Waals surface area contributed by atoms with E-state index in [0.717, 1.165) is 22.4 Å².